The van der Waals surface area contributed by atoms with Gasteiger partial charge in [-0.15, -0.1) is 0 Å². The Morgan fingerprint density at radius 1 is 1.16 bits per heavy atom. The fraction of sp³-hybridized carbons (Fsp3) is 0.133. The summed E-state index contributed by atoms with van der Waals surface area (Å²) >= 11 is 0. The van der Waals surface area contributed by atoms with Crippen LogP contribution in [0.1, 0.15) is 22.6 Å². The minimum absolute atomic E-state index is 0.361. The lowest BCUT2D eigenvalue weighted by molar-refractivity contribution is -0.137. The predicted octanol–water partition coefficient (Wildman–Crippen LogP) is 3.48. The van der Waals surface area contributed by atoms with E-state index in [1.54, 1.807) is 42.5 Å². The molecule has 0 aliphatic carbocycles. The first-order chi connectivity index (χ1) is 9.22. The predicted molar refractivity (Wildman–Crippen MR) is 67.2 cm³/mol. The zero-order chi connectivity index (χ0) is 13.4. The van der Waals surface area contributed by atoms with Crippen molar-refractivity contribution in [1.82, 2.24) is 0 Å². The van der Waals surface area contributed by atoms with Crippen LogP contribution < -0.4 is 4.74 Å². The number of hydrogen-bond donors (Lipinski definition) is 1. The highest BCUT2D eigenvalue weighted by molar-refractivity contribution is 5.84. The summed E-state index contributed by atoms with van der Waals surface area (Å²) in [5, 5.41) is 9.47. The first-order valence-corrected chi connectivity index (χ1v) is 5.89. The number of alkyl halides is 1. The maximum Gasteiger partial charge on any atom is 0.315 e. The second-order valence-electron chi connectivity index (χ2n) is 4.37. The smallest absolute Gasteiger partial charge is 0.315 e. The van der Waals surface area contributed by atoms with Crippen LogP contribution >= 0.6 is 0 Å². The zero-order valence-electron chi connectivity index (χ0n) is 9.97. The van der Waals surface area contributed by atoms with E-state index >= 15 is 0 Å². The summed E-state index contributed by atoms with van der Waals surface area (Å²) in [4.78, 5) is 11.6. The topological polar surface area (TPSA) is 46.5 Å². The number of carboxylic acids is 1. The van der Waals surface area contributed by atoms with E-state index in [2.05, 4.69) is 0 Å². The Morgan fingerprint density at radius 3 is 2.63 bits per heavy atom. The molecule has 0 fully saturated rings. The van der Waals surface area contributed by atoms with E-state index in [4.69, 9.17) is 4.74 Å². The maximum absolute atomic E-state index is 13.1. The van der Waals surface area contributed by atoms with Gasteiger partial charge in [-0.25, -0.2) is 4.39 Å². The van der Waals surface area contributed by atoms with Crippen LogP contribution in [-0.4, -0.2) is 11.1 Å². The van der Waals surface area contributed by atoms with Crippen molar-refractivity contribution in [3.63, 3.8) is 0 Å². The van der Waals surface area contributed by atoms with E-state index in [0.29, 0.717) is 28.2 Å². The van der Waals surface area contributed by atoms with Crippen LogP contribution in [0.3, 0.4) is 0 Å². The number of ether oxygens (including phenoxy) is 1. The molecule has 0 spiro atoms. The van der Waals surface area contributed by atoms with E-state index in [1.807, 2.05) is 0 Å². The van der Waals surface area contributed by atoms with Gasteiger partial charge in [-0.3, -0.25) is 4.79 Å². The van der Waals surface area contributed by atoms with Crippen molar-refractivity contribution in [1.29, 1.82) is 0 Å². The molecule has 0 bridgehead atoms. The normalized spacial score (nSPS) is 16.2. The minimum atomic E-state index is -1.00. The molecule has 1 heterocycles. The van der Waals surface area contributed by atoms with Crippen molar-refractivity contribution in [3.8, 4) is 11.5 Å². The molecule has 1 atom stereocenters. The Kier molecular flexibility index (Phi) is 2.71. The third-order valence-corrected chi connectivity index (χ3v) is 3.29. The van der Waals surface area contributed by atoms with Crippen LogP contribution in [0.4, 0.5) is 4.39 Å². The summed E-state index contributed by atoms with van der Waals surface area (Å²) in [6, 6.07) is 11.9. The van der Waals surface area contributed by atoms with Gasteiger partial charge in [0.1, 0.15) is 24.1 Å². The van der Waals surface area contributed by atoms with Gasteiger partial charge in [0.15, 0.2) is 0 Å². The van der Waals surface area contributed by atoms with E-state index in [9.17, 15) is 14.3 Å². The molecule has 0 saturated heterocycles. The van der Waals surface area contributed by atoms with Gasteiger partial charge in [-0.2, -0.15) is 0 Å². The van der Waals surface area contributed by atoms with Crippen LogP contribution in [0.5, 0.6) is 11.5 Å². The number of aliphatic carboxylic acids is 1. The van der Waals surface area contributed by atoms with Crippen LogP contribution in [0, 0.1) is 0 Å². The molecule has 1 aliphatic rings. The summed E-state index contributed by atoms with van der Waals surface area (Å²) in [6.07, 6.45) is 0. The molecule has 19 heavy (non-hydrogen) atoms. The zero-order valence-corrected chi connectivity index (χ0v) is 9.97. The van der Waals surface area contributed by atoms with E-state index in [0.717, 1.165) is 0 Å². The molecular weight excluding hydrogens is 247 g/mol. The molecule has 3 rings (SSSR count). The highest BCUT2D eigenvalue weighted by atomic mass is 19.1. The lowest BCUT2D eigenvalue weighted by Crippen LogP contribution is -2.19. The fourth-order valence-electron chi connectivity index (χ4n) is 2.47. The standard InChI is InChI=1S/C15H11FO3/c16-8-9-4-3-7-12-13(9)14(15(17)18)10-5-1-2-6-11(10)19-12/h1-7,14H,8H2,(H,17,18). The SMILES string of the molecule is O=C(O)C1c2ccccc2Oc2cccc(CF)c21. The molecule has 0 amide bonds. The van der Waals surface area contributed by atoms with Crippen molar-refractivity contribution < 1.29 is 19.0 Å². The van der Waals surface area contributed by atoms with Crippen LogP contribution in [0.25, 0.3) is 0 Å². The Bertz CT molecular complexity index is 652. The van der Waals surface area contributed by atoms with Crippen LogP contribution in [0.15, 0.2) is 42.5 Å². The minimum Gasteiger partial charge on any atom is -0.481 e. The quantitative estimate of drug-likeness (QED) is 0.897. The molecule has 1 N–H and O–H groups in total. The van der Waals surface area contributed by atoms with Crippen molar-refractivity contribution >= 4 is 5.97 Å². The average Bonchev–Trinajstić information content (AvgIpc) is 2.43. The van der Waals surface area contributed by atoms with Gasteiger partial charge in [0.05, 0.1) is 0 Å². The summed E-state index contributed by atoms with van der Waals surface area (Å²) in [5.41, 5.74) is 1.33. The lowest BCUT2D eigenvalue weighted by Gasteiger charge is -2.27. The third kappa shape index (κ3) is 1.76. The Morgan fingerprint density at radius 2 is 1.89 bits per heavy atom. The van der Waals surface area contributed by atoms with E-state index in [1.165, 1.54) is 0 Å². The average molecular weight is 258 g/mol. The number of halogens is 1. The maximum atomic E-state index is 13.1. The van der Waals surface area contributed by atoms with Crippen molar-refractivity contribution in [2.45, 2.75) is 12.6 Å². The number of carboxylic acid groups (broad SMARTS) is 1. The molecule has 0 radical (unpaired) electrons. The first kappa shape index (κ1) is 11.7. The molecule has 2 aromatic carbocycles. The summed E-state index contributed by atoms with van der Waals surface area (Å²) in [5.74, 6) is -0.954. The molecular formula is C15H11FO3. The molecule has 0 saturated carbocycles. The number of para-hydroxylation sites is 1. The Balaban J connectivity index is 2.27. The third-order valence-electron chi connectivity index (χ3n) is 3.29. The highest BCUT2D eigenvalue weighted by Gasteiger charge is 2.34. The molecule has 1 aliphatic heterocycles. The number of rotatable bonds is 2. The van der Waals surface area contributed by atoms with Crippen molar-refractivity contribution in [2.75, 3.05) is 0 Å². The van der Waals surface area contributed by atoms with Crippen molar-refractivity contribution in [3.05, 3.63) is 59.2 Å². The second kappa shape index (κ2) is 4.39. The summed E-state index contributed by atoms with van der Waals surface area (Å²) in [6.45, 7) is -0.710. The Hall–Kier alpha value is -2.36. The summed E-state index contributed by atoms with van der Waals surface area (Å²) < 4.78 is 18.7. The van der Waals surface area contributed by atoms with Gasteiger partial charge in [0.2, 0.25) is 0 Å². The van der Waals surface area contributed by atoms with Gasteiger partial charge in [-0.1, -0.05) is 30.3 Å². The molecule has 2 aromatic rings. The number of fused-ring (bicyclic) bond motifs is 2. The molecule has 4 heteroatoms. The fourth-order valence-corrected chi connectivity index (χ4v) is 2.47. The largest absolute Gasteiger partial charge is 0.481 e. The van der Waals surface area contributed by atoms with E-state index in [-0.39, 0.29) is 0 Å². The van der Waals surface area contributed by atoms with Crippen LogP contribution in [0.2, 0.25) is 0 Å². The molecule has 3 nitrogen and oxygen atoms in total. The van der Waals surface area contributed by atoms with Gasteiger partial charge >= 0.3 is 5.97 Å². The molecule has 1 unspecified atom stereocenters. The second-order valence-corrected chi connectivity index (χ2v) is 4.37. The van der Waals surface area contributed by atoms with E-state index < -0.39 is 18.6 Å². The van der Waals surface area contributed by atoms with Crippen molar-refractivity contribution in [2.24, 2.45) is 0 Å². The number of carbonyl (C=O) groups is 1. The molecule has 0 aromatic heterocycles. The first-order valence-electron chi connectivity index (χ1n) is 5.89. The molecule has 96 valence electrons. The van der Waals surface area contributed by atoms with Gasteiger partial charge in [0.25, 0.3) is 0 Å². The van der Waals surface area contributed by atoms with Gasteiger partial charge in [-0.05, 0) is 17.7 Å². The Labute approximate surface area is 109 Å². The van der Waals surface area contributed by atoms with Gasteiger partial charge in [0, 0.05) is 11.1 Å². The lowest BCUT2D eigenvalue weighted by atomic mass is 9.85. The number of hydrogen-bond acceptors (Lipinski definition) is 2. The summed E-state index contributed by atoms with van der Waals surface area (Å²) in [7, 11) is 0. The number of benzene rings is 2. The van der Waals surface area contributed by atoms with Gasteiger partial charge < -0.3 is 9.84 Å². The monoisotopic (exact) mass is 258 g/mol. The highest BCUT2D eigenvalue weighted by Crippen LogP contribution is 2.45. The van der Waals surface area contributed by atoms with Crippen LogP contribution in [-0.2, 0) is 11.5 Å².